The number of nitrogens with one attached hydrogen (secondary N) is 1. The molecule has 22 heavy (non-hydrogen) atoms. The van der Waals surface area contributed by atoms with Gasteiger partial charge < -0.3 is 5.32 Å². The molecule has 5 nitrogen and oxygen atoms in total. The first-order chi connectivity index (χ1) is 10.7. The molecule has 0 bridgehead atoms. The smallest absolute Gasteiger partial charge is 0.222 e. The summed E-state index contributed by atoms with van der Waals surface area (Å²) < 4.78 is 0. The number of azo groups is 1. The van der Waals surface area contributed by atoms with Crippen LogP contribution in [0.4, 0.5) is 11.6 Å². The maximum Gasteiger partial charge on any atom is 0.222 e. The molecule has 0 saturated heterocycles. The van der Waals surface area contributed by atoms with Gasteiger partial charge in [0.2, 0.25) is 5.95 Å². The number of anilines is 1. The van der Waals surface area contributed by atoms with Crippen LogP contribution in [-0.4, -0.2) is 23.6 Å². The zero-order valence-corrected chi connectivity index (χ0v) is 13.1. The molecule has 3 rings (SSSR count). The fraction of sp³-hybridized carbons (Fsp3) is 0.294. The summed E-state index contributed by atoms with van der Waals surface area (Å²) in [5.41, 5.74) is 6.60. The van der Waals surface area contributed by atoms with E-state index in [1.165, 1.54) is 11.1 Å². The molecule has 0 saturated carbocycles. The second-order valence-electron chi connectivity index (χ2n) is 5.18. The van der Waals surface area contributed by atoms with Crippen LogP contribution in [0.25, 0.3) is 5.57 Å². The summed E-state index contributed by atoms with van der Waals surface area (Å²) in [5.74, 6) is 0.667. The van der Waals surface area contributed by atoms with Crippen LogP contribution in [0, 0.1) is 6.92 Å². The van der Waals surface area contributed by atoms with E-state index in [4.69, 9.17) is 0 Å². The minimum Gasteiger partial charge on any atom is -0.357 e. The molecule has 5 heteroatoms. The van der Waals surface area contributed by atoms with E-state index in [0.29, 0.717) is 12.5 Å². The predicted octanol–water partition coefficient (Wildman–Crippen LogP) is 4.16. The van der Waals surface area contributed by atoms with Crippen LogP contribution < -0.4 is 5.32 Å². The van der Waals surface area contributed by atoms with Gasteiger partial charge in [0.1, 0.15) is 0 Å². The Morgan fingerprint density at radius 2 is 2.23 bits per heavy atom. The van der Waals surface area contributed by atoms with Gasteiger partial charge in [0.15, 0.2) is 0 Å². The van der Waals surface area contributed by atoms with Crippen LogP contribution in [-0.2, 0) is 6.42 Å². The summed E-state index contributed by atoms with van der Waals surface area (Å²) in [6, 6.07) is 6.26. The fourth-order valence-corrected chi connectivity index (χ4v) is 2.58. The van der Waals surface area contributed by atoms with Crippen molar-refractivity contribution in [1.29, 1.82) is 0 Å². The van der Waals surface area contributed by atoms with Crippen LogP contribution in [0.3, 0.4) is 0 Å². The van der Waals surface area contributed by atoms with Gasteiger partial charge in [-0.15, -0.1) is 0 Å². The van der Waals surface area contributed by atoms with E-state index in [1.54, 1.807) is 0 Å². The highest BCUT2D eigenvalue weighted by Gasteiger charge is 2.18. The van der Waals surface area contributed by atoms with Crippen molar-refractivity contribution in [2.24, 2.45) is 10.2 Å². The molecule has 0 unspecified atom stereocenters. The Labute approximate surface area is 131 Å². The number of allylic oxidation sites excluding steroid dienone is 1. The zero-order valence-electron chi connectivity index (χ0n) is 13.1. The average Bonchev–Trinajstić information content (AvgIpc) is 2.96. The number of aromatic nitrogens is 2. The quantitative estimate of drug-likeness (QED) is 0.861. The van der Waals surface area contributed by atoms with Gasteiger partial charge in [0, 0.05) is 26.7 Å². The summed E-state index contributed by atoms with van der Waals surface area (Å²) in [4.78, 5) is 8.85. The molecule has 1 aromatic carbocycles. The second kappa shape index (κ2) is 6.05. The monoisotopic (exact) mass is 295 g/mol. The van der Waals surface area contributed by atoms with Gasteiger partial charge in [0.05, 0.1) is 17.9 Å². The van der Waals surface area contributed by atoms with E-state index in [-0.39, 0.29) is 1.43 Å². The summed E-state index contributed by atoms with van der Waals surface area (Å²) in [6.45, 7) is 4.74. The topological polar surface area (TPSA) is 62.5 Å². The summed E-state index contributed by atoms with van der Waals surface area (Å²) in [5, 5.41) is 11.3. The largest absolute Gasteiger partial charge is 0.357 e. The Morgan fingerprint density at radius 3 is 2.95 bits per heavy atom. The third-order valence-electron chi connectivity index (χ3n) is 3.71. The summed E-state index contributed by atoms with van der Waals surface area (Å²) in [7, 11) is 1.83. The fourth-order valence-electron chi connectivity index (χ4n) is 2.58. The highest BCUT2D eigenvalue weighted by molar-refractivity contribution is 5.84. The maximum atomic E-state index is 4.52. The molecule has 1 N–H and O–H groups in total. The maximum absolute atomic E-state index is 4.52. The highest BCUT2D eigenvalue weighted by atomic mass is 15.1. The van der Waals surface area contributed by atoms with Gasteiger partial charge in [-0.1, -0.05) is 12.1 Å². The molecule has 1 heterocycles. The standard InChI is InChI=1S/C17H19N5.H2/c1-4-20-22-15-7-5-12(9-11(15)2)13-6-8-16-14(13)10-19-17(18-3)21-16;/h5-7,9-10H,4,8H2,1-3H3,(H,18,19,21);1H. The Balaban J connectivity index is 0.00000192. The van der Waals surface area contributed by atoms with Crippen molar-refractivity contribution in [2.45, 2.75) is 20.3 Å². The molecule has 1 aromatic heterocycles. The van der Waals surface area contributed by atoms with Gasteiger partial charge in [0.25, 0.3) is 0 Å². The Bertz CT molecular complexity index is 768. The minimum atomic E-state index is 0. The minimum absolute atomic E-state index is 0. The number of hydrogen-bond donors (Lipinski definition) is 1. The van der Waals surface area contributed by atoms with Gasteiger partial charge >= 0.3 is 0 Å². The summed E-state index contributed by atoms with van der Waals surface area (Å²) in [6.07, 6.45) is 4.95. The van der Waals surface area contributed by atoms with Crippen molar-refractivity contribution in [3.63, 3.8) is 0 Å². The first-order valence-corrected chi connectivity index (χ1v) is 7.45. The average molecular weight is 295 g/mol. The van der Waals surface area contributed by atoms with Gasteiger partial charge in [-0.2, -0.15) is 10.2 Å². The van der Waals surface area contributed by atoms with Crippen molar-refractivity contribution in [3.8, 4) is 0 Å². The lowest BCUT2D eigenvalue weighted by atomic mass is 10.00. The molecule has 114 valence electrons. The lowest BCUT2D eigenvalue weighted by molar-refractivity contribution is 1.00. The number of benzene rings is 1. The Hall–Kier alpha value is -2.56. The first kappa shape index (κ1) is 14.4. The van der Waals surface area contributed by atoms with Gasteiger partial charge in [-0.25, -0.2) is 9.97 Å². The number of fused-ring (bicyclic) bond motifs is 1. The third kappa shape index (κ3) is 2.62. The van der Waals surface area contributed by atoms with Crippen LogP contribution in [0.5, 0.6) is 0 Å². The number of aryl methyl sites for hydroxylation is 1. The van der Waals surface area contributed by atoms with Crippen LogP contribution in [0.15, 0.2) is 40.7 Å². The third-order valence-corrected chi connectivity index (χ3v) is 3.71. The molecule has 0 fully saturated rings. The van der Waals surface area contributed by atoms with E-state index >= 15 is 0 Å². The molecule has 0 radical (unpaired) electrons. The molecule has 1 aliphatic rings. The van der Waals surface area contributed by atoms with Crippen molar-refractivity contribution in [2.75, 3.05) is 18.9 Å². The molecule has 0 atom stereocenters. The van der Waals surface area contributed by atoms with Crippen molar-refractivity contribution >= 4 is 17.2 Å². The van der Waals surface area contributed by atoms with E-state index in [0.717, 1.165) is 28.9 Å². The summed E-state index contributed by atoms with van der Waals surface area (Å²) >= 11 is 0. The van der Waals surface area contributed by atoms with Crippen molar-refractivity contribution in [3.05, 3.63) is 52.9 Å². The highest BCUT2D eigenvalue weighted by Crippen LogP contribution is 2.33. The normalized spacial score (nSPS) is 13.3. The first-order valence-electron chi connectivity index (χ1n) is 7.45. The molecular weight excluding hydrogens is 274 g/mol. The van der Waals surface area contributed by atoms with Crippen molar-refractivity contribution in [1.82, 2.24) is 9.97 Å². The van der Waals surface area contributed by atoms with Crippen LogP contribution >= 0.6 is 0 Å². The van der Waals surface area contributed by atoms with E-state index in [1.807, 2.05) is 26.2 Å². The molecular formula is C17H21N5. The van der Waals surface area contributed by atoms with Crippen molar-refractivity contribution < 1.29 is 1.43 Å². The van der Waals surface area contributed by atoms with E-state index in [2.05, 4.69) is 50.6 Å². The lowest BCUT2D eigenvalue weighted by Crippen LogP contribution is -2.00. The van der Waals surface area contributed by atoms with E-state index < -0.39 is 0 Å². The lowest BCUT2D eigenvalue weighted by Gasteiger charge is -2.08. The van der Waals surface area contributed by atoms with Crippen LogP contribution in [0.1, 0.15) is 30.7 Å². The Kier molecular flexibility index (Phi) is 3.96. The molecule has 2 aromatic rings. The van der Waals surface area contributed by atoms with Crippen LogP contribution in [0.2, 0.25) is 0 Å². The number of hydrogen-bond acceptors (Lipinski definition) is 5. The number of nitrogens with zero attached hydrogens (tertiary/aromatic N) is 4. The van der Waals surface area contributed by atoms with Gasteiger partial charge in [-0.05, 0) is 42.7 Å². The zero-order chi connectivity index (χ0) is 15.5. The molecule has 1 aliphatic carbocycles. The SMILES string of the molecule is CCN=Nc1ccc(C2=CCc3nc(NC)ncc32)cc1C.[HH]. The molecule has 0 amide bonds. The number of rotatable bonds is 4. The second-order valence-corrected chi connectivity index (χ2v) is 5.18. The Morgan fingerprint density at radius 1 is 1.36 bits per heavy atom. The van der Waals surface area contributed by atoms with E-state index in [9.17, 15) is 0 Å². The predicted molar refractivity (Wildman–Crippen MR) is 90.7 cm³/mol. The molecule has 0 aliphatic heterocycles. The molecule has 0 spiro atoms. The van der Waals surface area contributed by atoms with Gasteiger partial charge in [-0.3, -0.25) is 0 Å².